The lowest BCUT2D eigenvalue weighted by Gasteiger charge is -2.30. The number of nitrogens with one attached hydrogen (secondary N) is 1. The van der Waals surface area contributed by atoms with Gasteiger partial charge in [0.2, 0.25) is 5.43 Å². The second-order valence-electron chi connectivity index (χ2n) is 6.17. The van der Waals surface area contributed by atoms with Crippen LogP contribution in [0.4, 0.5) is 0 Å². The molecule has 23 heavy (non-hydrogen) atoms. The fraction of sp³-hybridized carbons (Fsp3) is 0.444. The van der Waals surface area contributed by atoms with Crippen LogP contribution >= 0.6 is 0 Å². The van der Waals surface area contributed by atoms with E-state index in [9.17, 15) is 9.59 Å². The highest BCUT2D eigenvalue weighted by Crippen LogP contribution is 2.20. The number of amides is 1. The van der Waals surface area contributed by atoms with Crippen LogP contribution in [0.5, 0.6) is 5.75 Å². The Morgan fingerprint density at radius 3 is 3.00 bits per heavy atom. The number of pyridine rings is 1. The molecule has 0 spiro atoms. The summed E-state index contributed by atoms with van der Waals surface area (Å²) in [6.07, 6.45) is 3.66. The van der Waals surface area contributed by atoms with Gasteiger partial charge in [0.05, 0.1) is 6.61 Å². The number of piperidine rings is 1. The average Bonchev–Trinajstić information content (AvgIpc) is 2.55. The number of ether oxygens (including phenoxy) is 1. The first-order valence-corrected chi connectivity index (χ1v) is 8.17. The van der Waals surface area contributed by atoms with Gasteiger partial charge in [-0.2, -0.15) is 0 Å². The molecule has 3 rings (SSSR count). The summed E-state index contributed by atoms with van der Waals surface area (Å²) in [5, 5.41) is 0.492. The van der Waals surface area contributed by atoms with Crippen molar-refractivity contribution in [3.8, 4) is 5.75 Å². The van der Waals surface area contributed by atoms with E-state index < -0.39 is 0 Å². The maximum absolute atomic E-state index is 12.7. The van der Waals surface area contributed by atoms with E-state index in [0.717, 1.165) is 25.9 Å². The molecule has 0 radical (unpaired) electrons. The molecule has 0 bridgehead atoms. The molecule has 1 aromatic carbocycles. The summed E-state index contributed by atoms with van der Waals surface area (Å²) in [6.45, 7) is 6.01. The van der Waals surface area contributed by atoms with Gasteiger partial charge in [0.25, 0.3) is 5.91 Å². The van der Waals surface area contributed by atoms with Crippen molar-refractivity contribution in [2.24, 2.45) is 5.92 Å². The van der Waals surface area contributed by atoms with Crippen LogP contribution < -0.4 is 10.2 Å². The van der Waals surface area contributed by atoms with Crippen LogP contribution in [0, 0.1) is 5.92 Å². The Bertz CT molecular complexity index is 781. The third kappa shape index (κ3) is 3.09. The van der Waals surface area contributed by atoms with Gasteiger partial charge >= 0.3 is 0 Å². The molecule has 1 saturated heterocycles. The molecule has 0 aliphatic carbocycles. The van der Waals surface area contributed by atoms with Crippen LogP contribution in [-0.4, -0.2) is 35.5 Å². The van der Waals surface area contributed by atoms with E-state index in [-0.39, 0.29) is 16.9 Å². The van der Waals surface area contributed by atoms with Crippen LogP contribution in [0.25, 0.3) is 10.9 Å². The number of aromatic amines is 1. The van der Waals surface area contributed by atoms with E-state index in [1.54, 1.807) is 17.0 Å². The summed E-state index contributed by atoms with van der Waals surface area (Å²) in [4.78, 5) is 30.3. The number of hydrogen-bond acceptors (Lipinski definition) is 3. The minimum absolute atomic E-state index is 0.179. The Hall–Kier alpha value is -2.30. The van der Waals surface area contributed by atoms with Crippen LogP contribution in [0.2, 0.25) is 0 Å². The molecule has 2 heterocycles. The Kier molecular flexibility index (Phi) is 4.37. The van der Waals surface area contributed by atoms with E-state index in [0.29, 0.717) is 29.2 Å². The van der Waals surface area contributed by atoms with Gasteiger partial charge in [0.15, 0.2) is 0 Å². The van der Waals surface area contributed by atoms with E-state index >= 15 is 0 Å². The second-order valence-corrected chi connectivity index (χ2v) is 6.17. The minimum Gasteiger partial charge on any atom is -0.494 e. The smallest absolute Gasteiger partial charge is 0.259 e. The van der Waals surface area contributed by atoms with Gasteiger partial charge in [-0.15, -0.1) is 0 Å². The zero-order valence-corrected chi connectivity index (χ0v) is 13.6. The molecule has 5 nitrogen and oxygen atoms in total. The maximum Gasteiger partial charge on any atom is 0.259 e. The zero-order valence-electron chi connectivity index (χ0n) is 13.6. The molecule has 0 unspecified atom stereocenters. The van der Waals surface area contributed by atoms with Gasteiger partial charge in [-0.1, -0.05) is 6.92 Å². The SMILES string of the molecule is CCOc1ccc2[nH]cc(C(=O)N3CCC[C@@H](C)C3)c(=O)c2c1. The Labute approximate surface area is 135 Å². The number of carbonyl (C=O) groups is 1. The molecule has 1 aliphatic heterocycles. The van der Waals surface area contributed by atoms with Crippen molar-refractivity contribution in [2.75, 3.05) is 19.7 Å². The highest BCUT2D eigenvalue weighted by Gasteiger charge is 2.24. The summed E-state index contributed by atoms with van der Waals surface area (Å²) in [5.41, 5.74) is 0.686. The fourth-order valence-electron chi connectivity index (χ4n) is 3.16. The first kappa shape index (κ1) is 15.6. The molecule has 5 heteroatoms. The van der Waals surface area contributed by atoms with Crippen molar-refractivity contribution in [1.82, 2.24) is 9.88 Å². The van der Waals surface area contributed by atoms with Gasteiger partial charge in [-0.25, -0.2) is 0 Å². The predicted molar refractivity (Wildman–Crippen MR) is 90.0 cm³/mol. The minimum atomic E-state index is -0.233. The quantitative estimate of drug-likeness (QED) is 0.947. The van der Waals surface area contributed by atoms with E-state index in [2.05, 4.69) is 11.9 Å². The number of aromatic nitrogens is 1. The van der Waals surface area contributed by atoms with Gasteiger partial charge in [0.1, 0.15) is 11.3 Å². The van der Waals surface area contributed by atoms with Crippen LogP contribution in [0.1, 0.15) is 37.0 Å². The molecular formula is C18H22N2O3. The van der Waals surface area contributed by atoms with Gasteiger partial charge in [-0.3, -0.25) is 9.59 Å². The summed E-state index contributed by atoms with van der Waals surface area (Å²) < 4.78 is 5.45. The number of hydrogen-bond donors (Lipinski definition) is 1. The summed E-state index contributed by atoms with van der Waals surface area (Å²) >= 11 is 0. The average molecular weight is 314 g/mol. The first-order valence-electron chi connectivity index (χ1n) is 8.17. The lowest BCUT2D eigenvalue weighted by Crippen LogP contribution is -2.41. The van der Waals surface area contributed by atoms with E-state index in [1.807, 2.05) is 13.0 Å². The lowest BCUT2D eigenvalue weighted by atomic mass is 9.99. The number of likely N-dealkylation sites (tertiary alicyclic amines) is 1. The Morgan fingerprint density at radius 1 is 1.43 bits per heavy atom. The van der Waals surface area contributed by atoms with Gasteiger partial charge < -0.3 is 14.6 Å². The van der Waals surface area contributed by atoms with Crippen LogP contribution in [0.15, 0.2) is 29.2 Å². The standard InChI is InChI=1S/C18H22N2O3/c1-3-23-13-6-7-16-14(9-13)17(21)15(10-19-16)18(22)20-8-4-5-12(2)11-20/h6-7,9-10,12H,3-5,8,11H2,1-2H3,(H,19,21)/t12-/m1/s1. The summed E-state index contributed by atoms with van der Waals surface area (Å²) in [7, 11) is 0. The number of fused-ring (bicyclic) bond motifs is 1. The normalized spacial score (nSPS) is 18.2. The summed E-state index contributed by atoms with van der Waals surface area (Å²) in [6, 6.07) is 5.32. The second kappa shape index (κ2) is 6.44. The topological polar surface area (TPSA) is 62.4 Å². The van der Waals surface area contributed by atoms with Gasteiger partial charge in [-0.05, 0) is 43.9 Å². The molecule has 122 valence electrons. The molecular weight excluding hydrogens is 292 g/mol. The van der Waals surface area contributed by atoms with Crippen molar-refractivity contribution < 1.29 is 9.53 Å². The molecule has 1 aliphatic rings. The number of H-pyrrole nitrogens is 1. The fourth-order valence-corrected chi connectivity index (χ4v) is 3.16. The van der Waals surface area contributed by atoms with E-state index in [4.69, 9.17) is 4.74 Å². The third-order valence-corrected chi connectivity index (χ3v) is 4.34. The first-order chi connectivity index (χ1) is 11.1. The molecule has 2 aromatic rings. The highest BCUT2D eigenvalue weighted by atomic mass is 16.5. The lowest BCUT2D eigenvalue weighted by molar-refractivity contribution is 0.0681. The van der Waals surface area contributed by atoms with Gasteiger partial charge in [0, 0.05) is 30.2 Å². The third-order valence-electron chi connectivity index (χ3n) is 4.34. The monoisotopic (exact) mass is 314 g/mol. The van der Waals surface area contributed by atoms with Crippen molar-refractivity contribution in [3.05, 3.63) is 40.2 Å². The molecule has 0 saturated carbocycles. The number of rotatable bonds is 3. The highest BCUT2D eigenvalue weighted by molar-refractivity contribution is 5.97. The van der Waals surface area contributed by atoms with Crippen molar-refractivity contribution in [2.45, 2.75) is 26.7 Å². The summed E-state index contributed by atoms with van der Waals surface area (Å²) in [5.74, 6) is 0.944. The van der Waals surface area contributed by atoms with Crippen molar-refractivity contribution in [3.63, 3.8) is 0 Å². The van der Waals surface area contributed by atoms with Crippen molar-refractivity contribution in [1.29, 1.82) is 0 Å². The molecule has 1 N–H and O–H groups in total. The Balaban J connectivity index is 1.99. The largest absolute Gasteiger partial charge is 0.494 e. The molecule has 1 atom stereocenters. The van der Waals surface area contributed by atoms with Crippen LogP contribution in [-0.2, 0) is 0 Å². The molecule has 1 fully saturated rings. The number of carbonyl (C=O) groups excluding carboxylic acids is 1. The number of benzene rings is 1. The maximum atomic E-state index is 12.7. The molecule has 1 amide bonds. The zero-order chi connectivity index (χ0) is 16.4. The predicted octanol–water partition coefficient (Wildman–Crippen LogP) is 2.80. The van der Waals surface area contributed by atoms with Crippen LogP contribution in [0.3, 0.4) is 0 Å². The van der Waals surface area contributed by atoms with E-state index in [1.165, 1.54) is 6.20 Å². The van der Waals surface area contributed by atoms with Crippen molar-refractivity contribution >= 4 is 16.8 Å². The Morgan fingerprint density at radius 2 is 2.26 bits per heavy atom. The molecule has 1 aromatic heterocycles. The number of nitrogens with zero attached hydrogens (tertiary/aromatic N) is 1.